The number of piperazine rings is 1. The third-order valence-corrected chi connectivity index (χ3v) is 4.00. The van der Waals surface area contributed by atoms with Crippen LogP contribution in [-0.4, -0.2) is 43.7 Å². The maximum Gasteiger partial charge on any atom is 0.144 e. The Morgan fingerprint density at radius 2 is 2.05 bits per heavy atom. The van der Waals surface area contributed by atoms with Crippen LogP contribution in [0.15, 0.2) is 18.2 Å². The van der Waals surface area contributed by atoms with Gasteiger partial charge in [-0.15, -0.1) is 0 Å². The van der Waals surface area contributed by atoms with Crippen LogP contribution in [0.2, 0.25) is 0 Å². The monoisotopic (exact) mass is 263 g/mol. The number of hydrogen-bond donors (Lipinski definition) is 1. The first-order valence-electron chi connectivity index (χ1n) is 6.93. The second-order valence-corrected chi connectivity index (χ2v) is 5.78. The van der Waals surface area contributed by atoms with Crippen LogP contribution in [-0.2, 0) is 0 Å². The fourth-order valence-corrected chi connectivity index (χ4v) is 2.54. The summed E-state index contributed by atoms with van der Waals surface area (Å²) in [6.07, 6.45) is 0. The molecule has 0 saturated carbocycles. The third-order valence-electron chi connectivity index (χ3n) is 4.00. The van der Waals surface area contributed by atoms with Gasteiger partial charge in [0.25, 0.3) is 0 Å². The second kappa shape index (κ2) is 5.29. The van der Waals surface area contributed by atoms with E-state index in [9.17, 15) is 0 Å². The molecule has 1 fully saturated rings. The Bertz CT molecular complexity index is 445. The lowest BCUT2D eigenvalue weighted by molar-refractivity contribution is 0.139. The van der Waals surface area contributed by atoms with Gasteiger partial charge >= 0.3 is 0 Å². The summed E-state index contributed by atoms with van der Waals surface area (Å²) in [6.45, 7) is 10.2. The molecule has 1 aromatic carbocycles. The first kappa shape index (κ1) is 14.0. The molecule has 1 aliphatic heterocycles. The maximum absolute atomic E-state index is 6.24. The average Bonchev–Trinajstić information content (AvgIpc) is 2.36. The Morgan fingerprint density at radius 1 is 1.32 bits per heavy atom. The quantitative estimate of drug-likeness (QED) is 0.849. The van der Waals surface area contributed by atoms with Crippen LogP contribution < -0.4 is 15.4 Å². The summed E-state index contributed by atoms with van der Waals surface area (Å²) < 4.78 is 5.58. The van der Waals surface area contributed by atoms with Crippen molar-refractivity contribution in [2.75, 3.05) is 43.9 Å². The molecule has 1 aromatic rings. The number of nitrogens with two attached hydrogens (primary N) is 1. The van der Waals surface area contributed by atoms with Gasteiger partial charge in [-0.05, 0) is 40.0 Å². The highest BCUT2D eigenvalue weighted by molar-refractivity contribution is 5.74. The van der Waals surface area contributed by atoms with Gasteiger partial charge in [0.05, 0.1) is 18.0 Å². The van der Waals surface area contributed by atoms with Crippen LogP contribution >= 0.6 is 0 Å². The fraction of sp³-hybridized carbons (Fsp3) is 0.600. The van der Waals surface area contributed by atoms with E-state index in [0.717, 1.165) is 36.8 Å². The summed E-state index contributed by atoms with van der Waals surface area (Å²) in [5, 5.41) is 0. The Labute approximate surface area is 116 Å². The Hall–Kier alpha value is -1.42. The van der Waals surface area contributed by atoms with Gasteiger partial charge in [0, 0.05) is 25.2 Å². The van der Waals surface area contributed by atoms with Crippen molar-refractivity contribution in [2.45, 2.75) is 26.3 Å². The molecule has 0 aliphatic carbocycles. The van der Waals surface area contributed by atoms with Gasteiger partial charge in [0.2, 0.25) is 0 Å². The van der Waals surface area contributed by atoms with Gasteiger partial charge in [-0.3, -0.25) is 4.90 Å². The Balaban J connectivity index is 2.25. The molecule has 4 nitrogen and oxygen atoms in total. The van der Waals surface area contributed by atoms with Crippen molar-refractivity contribution < 1.29 is 4.74 Å². The van der Waals surface area contributed by atoms with E-state index in [1.54, 1.807) is 0 Å². The minimum Gasteiger partial charge on any atom is -0.492 e. The number of benzene rings is 1. The first-order chi connectivity index (χ1) is 8.95. The molecule has 1 aliphatic rings. The van der Waals surface area contributed by atoms with E-state index in [0.29, 0.717) is 6.61 Å². The number of hydrogen-bond acceptors (Lipinski definition) is 4. The summed E-state index contributed by atoms with van der Waals surface area (Å²) in [5.41, 5.74) is 8.25. The second-order valence-electron chi connectivity index (χ2n) is 5.78. The predicted molar refractivity (Wildman–Crippen MR) is 80.9 cm³/mol. The molecule has 2 N–H and O–H groups in total. The van der Waals surface area contributed by atoms with Crippen LogP contribution in [0.5, 0.6) is 5.75 Å². The minimum atomic E-state index is 0.159. The fourth-order valence-electron chi connectivity index (χ4n) is 2.54. The van der Waals surface area contributed by atoms with E-state index in [2.05, 4.69) is 36.8 Å². The van der Waals surface area contributed by atoms with Crippen molar-refractivity contribution in [2.24, 2.45) is 0 Å². The summed E-state index contributed by atoms with van der Waals surface area (Å²) in [4.78, 5) is 4.75. The minimum absolute atomic E-state index is 0.159. The molecule has 0 radical (unpaired) electrons. The molecule has 0 amide bonds. The number of nitrogens with zero attached hydrogens (tertiary/aromatic N) is 2. The first-order valence-corrected chi connectivity index (χ1v) is 6.93. The van der Waals surface area contributed by atoms with Gasteiger partial charge in [-0.2, -0.15) is 0 Å². The number of rotatable bonds is 3. The smallest absolute Gasteiger partial charge is 0.144 e. The number of nitrogen functional groups attached to an aromatic ring is 1. The molecule has 0 atom stereocenters. The zero-order valence-corrected chi connectivity index (χ0v) is 12.4. The lowest BCUT2D eigenvalue weighted by Gasteiger charge is -2.46. The van der Waals surface area contributed by atoms with Gasteiger partial charge in [-0.25, -0.2) is 0 Å². The summed E-state index contributed by atoms with van der Waals surface area (Å²) >= 11 is 0. The average molecular weight is 263 g/mol. The molecule has 19 heavy (non-hydrogen) atoms. The van der Waals surface area contributed by atoms with E-state index in [-0.39, 0.29) is 5.54 Å². The van der Waals surface area contributed by atoms with E-state index < -0.39 is 0 Å². The van der Waals surface area contributed by atoms with Crippen molar-refractivity contribution >= 4 is 11.4 Å². The Morgan fingerprint density at radius 3 is 2.68 bits per heavy atom. The van der Waals surface area contributed by atoms with E-state index >= 15 is 0 Å². The van der Waals surface area contributed by atoms with Crippen LogP contribution in [0, 0.1) is 0 Å². The highest BCUT2D eigenvalue weighted by Gasteiger charge is 2.31. The number of likely N-dealkylation sites (N-methyl/N-ethyl adjacent to an activating group) is 1. The molecule has 2 rings (SSSR count). The molecule has 0 aromatic heterocycles. The zero-order chi connectivity index (χ0) is 14.0. The zero-order valence-electron chi connectivity index (χ0n) is 12.4. The SMILES string of the molecule is CCOc1cccc(N2CCN(C)C(C)(C)C2)c1N. The van der Waals surface area contributed by atoms with Crippen molar-refractivity contribution in [3.05, 3.63) is 18.2 Å². The number of para-hydroxylation sites is 1. The molecule has 106 valence electrons. The predicted octanol–water partition coefficient (Wildman–Crippen LogP) is 2.20. The lowest BCUT2D eigenvalue weighted by atomic mass is 9.99. The highest BCUT2D eigenvalue weighted by atomic mass is 16.5. The van der Waals surface area contributed by atoms with Crippen LogP contribution in [0.1, 0.15) is 20.8 Å². The summed E-state index contributed by atoms with van der Waals surface area (Å²) in [7, 11) is 2.18. The molecular formula is C15H25N3O. The molecular weight excluding hydrogens is 238 g/mol. The largest absolute Gasteiger partial charge is 0.492 e. The van der Waals surface area contributed by atoms with E-state index in [4.69, 9.17) is 10.5 Å². The van der Waals surface area contributed by atoms with Gasteiger partial charge in [-0.1, -0.05) is 6.07 Å². The van der Waals surface area contributed by atoms with Crippen molar-refractivity contribution in [1.29, 1.82) is 0 Å². The maximum atomic E-state index is 6.24. The van der Waals surface area contributed by atoms with Gasteiger partial charge in [0.1, 0.15) is 5.75 Å². The number of ether oxygens (including phenoxy) is 1. The van der Waals surface area contributed by atoms with Crippen LogP contribution in [0.4, 0.5) is 11.4 Å². The van der Waals surface area contributed by atoms with Crippen LogP contribution in [0.25, 0.3) is 0 Å². The normalized spacial score (nSPS) is 19.5. The molecule has 0 bridgehead atoms. The third kappa shape index (κ3) is 2.78. The van der Waals surface area contributed by atoms with Crippen molar-refractivity contribution in [3.8, 4) is 5.75 Å². The van der Waals surface area contributed by atoms with E-state index in [1.807, 2.05) is 19.1 Å². The Kier molecular flexibility index (Phi) is 3.90. The van der Waals surface area contributed by atoms with Crippen LogP contribution in [0.3, 0.4) is 0 Å². The van der Waals surface area contributed by atoms with Crippen molar-refractivity contribution in [1.82, 2.24) is 4.90 Å². The number of anilines is 2. The molecule has 1 heterocycles. The van der Waals surface area contributed by atoms with Gasteiger partial charge in [0.15, 0.2) is 0 Å². The lowest BCUT2D eigenvalue weighted by Crippen LogP contribution is -2.57. The topological polar surface area (TPSA) is 41.7 Å². The molecule has 4 heteroatoms. The summed E-state index contributed by atoms with van der Waals surface area (Å²) in [5.74, 6) is 0.789. The standard InChI is InChI=1S/C15H25N3O/c1-5-19-13-8-6-7-12(14(13)16)18-10-9-17(4)15(2,3)11-18/h6-8H,5,9-11,16H2,1-4H3. The molecule has 0 spiro atoms. The van der Waals surface area contributed by atoms with Gasteiger partial charge < -0.3 is 15.4 Å². The summed E-state index contributed by atoms with van der Waals surface area (Å²) in [6, 6.07) is 6.03. The van der Waals surface area contributed by atoms with Crippen molar-refractivity contribution in [3.63, 3.8) is 0 Å². The molecule has 0 unspecified atom stereocenters. The van der Waals surface area contributed by atoms with E-state index in [1.165, 1.54) is 0 Å². The molecule has 1 saturated heterocycles. The highest BCUT2D eigenvalue weighted by Crippen LogP contribution is 2.34.